The first-order valence-electron chi connectivity index (χ1n) is 3.10. The van der Waals surface area contributed by atoms with Crippen LogP contribution in [0.4, 0.5) is 4.70 Å². The van der Waals surface area contributed by atoms with Crippen molar-refractivity contribution in [3.63, 3.8) is 0 Å². The van der Waals surface area contributed by atoms with Crippen LogP contribution in [0.15, 0.2) is 0 Å². The van der Waals surface area contributed by atoms with Gasteiger partial charge in [0.15, 0.2) is 0 Å². The molecule has 0 aromatic rings. The molecule has 0 fully saturated rings. The summed E-state index contributed by atoms with van der Waals surface area (Å²) in [6.07, 6.45) is 0. The summed E-state index contributed by atoms with van der Waals surface area (Å²) in [5.41, 5.74) is 0. The Bertz CT molecular complexity index is 67.1. The van der Waals surface area contributed by atoms with Gasteiger partial charge in [-0.1, -0.05) is 0 Å². The third-order valence-corrected chi connectivity index (χ3v) is 0. The molecule has 106 valence electrons. The van der Waals surface area contributed by atoms with Gasteiger partial charge in [0.25, 0.3) is 0 Å². The molecule has 18 heavy (non-hydrogen) atoms. The molecule has 12 N–H and O–H groups in total. The average Bonchev–Trinajstić information content (AvgIpc) is 1.76. The molecule has 0 amide bonds. The number of hydrogen-bond donors (Lipinski definition) is 12. The summed E-state index contributed by atoms with van der Waals surface area (Å²) in [4.78, 5) is 0. The van der Waals surface area contributed by atoms with Gasteiger partial charge in [-0.05, 0) is 0 Å². The Hall–Kier alpha value is 0.710. The molecule has 0 aliphatic carbocycles. The van der Waals surface area contributed by atoms with Crippen molar-refractivity contribution in [2.75, 3.05) is 0 Å². The van der Waals surface area contributed by atoms with Crippen LogP contribution in [-0.2, 0) is 0 Å². The summed E-state index contributed by atoms with van der Waals surface area (Å²) in [5.74, 6) is 0. The molecule has 12 nitrogen and oxygen atoms in total. The van der Waals surface area contributed by atoms with Crippen molar-refractivity contribution in [1.29, 1.82) is 0 Å². The van der Waals surface area contributed by atoms with E-state index in [0.717, 1.165) is 0 Å². The Morgan fingerprint density at radius 3 is 0.333 bits per heavy atom. The second-order valence-electron chi connectivity index (χ2n) is 1.39. The van der Waals surface area contributed by atoms with Crippen LogP contribution in [0.25, 0.3) is 0 Å². The fourth-order valence-electron chi connectivity index (χ4n) is 0. The Balaban J connectivity index is -0.0000000257. The molecule has 0 rings (SSSR count). The molecular formula is H14B4FNaO12. The topological polar surface area (TPSA) is 243 Å². The van der Waals surface area contributed by atoms with E-state index >= 15 is 0 Å². The molecule has 0 aliphatic rings. The van der Waals surface area contributed by atoms with Crippen LogP contribution >= 0.6 is 0 Å². The van der Waals surface area contributed by atoms with E-state index in [1.807, 2.05) is 0 Å². The zero-order valence-corrected chi connectivity index (χ0v) is 8.08. The Morgan fingerprint density at radius 2 is 0.333 bits per heavy atom. The molecule has 0 saturated heterocycles. The maximum atomic E-state index is 7.17. The zero-order valence-electron chi connectivity index (χ0n) is 8.08. The van der Waals surface area contributed by atoms with Crippen molar-refractivity contribution in [2.45, 2.75) is 0 Å². The van der Waals surface area contributed by atoms with Crippen LogP contribution in [0.5, 0.6) is 0 Å². The van der Waals surface area contributed by atoms with Crippen molar-refractivity contribution < 1.29 is 65.0 Å². The molecule has 0 heterocycles. The number of rotatable bonds is 0. The van der Waals surface area contributed by atoms with Crippen molar-refractivity contribution in [3.05, 3.63) is 0 Å². The predicted molar refractivity (Wildman–Crippen MR) is 59.3 cm³/mol. The molecular weight excluding hydrogens is 277 g/mol. The molecule has 0 aromatic heterocycles. The van der Waals surface area contributed by atoms with Crippen LogP contribution in [-0.4, -0.2) is 119 Å². The molecule has 0 saturated carbocycles. The van der Waals surface area contributed by atoms with Crippen molar-refractivity contribution in [3.8, 4) is 0 Å². The molecule has 0 aromatic carbocycles. The summed E-state index contributed by atoms with van der Waals surface area (Å²) in [6.45, 7) is 0. The van der Waals surface area contributed by atoms with Crippen molar-refractivity contribution >= 4 is 58.8 Å². The van der Waals surface area contributed by atoms with Crippen LogP contribution < -0.4 is 0 Å². The normalized spacial score (nSPS) is 6.00. The molecule has 18 heteroatoms. The Labute approximate surface area is 124 Å². The third kappa shape index (κ3) is 8190. The van der Waals surface area contributed by atoms with Crippen LogP contribution in [0.1, 0.15) is 0 Å². The van der Waals surface area contributed by atoms with Gasteiger partial charge < -0.3 is 60.3 Å². The van der Waals surface area contributed by atoms with E-state index < -0.39 is 29.3 Å². The van der Waals surface area contributed by atoms with Crippen LogP contribution in [0.3, 0.4) is 0 Å². The van der Waals surface area contributed by atoms with Gasteiger partial charge in [-0.25, -0.2) is 0 Å². The van der Waals surface area contributed by atoms with E-state index in [0.29, 0.717) is 0 Å². The van der Waals surface area contributed by atoms with Crippen molar-refractivity contribution in [1.82, 2.24) is 0 Å². The van der Waals surface area contributed by atoms with Gasteiger partial charge in [0, 0.05) is 0 Å². The predicted octanol–water partition coefficient (Wildman–Crippen LogP) is -8.70. The van der Waals surface area contributed by atoms with Gasteiger partial charge in [-0.15, -0.1) is 0 Å². The van der Waals surface area contributed by atoms with Gasteiger partial charge in [-0.3, -0.25) is 4.70 Å². The summed E-state index contributed by atoms with van der Waals surface area (Å²) < 4.78 is 0. The van der Waals surface area contributed by atoms with Gasteiger partial charge in [-0.2, -0.15) is 0 Å². The SMILES string of the molecule is F.OB(O)O.OB(O)O.OB(O)O.OB(O)O.[NaH]. The summed E-state index contributed by atoms with van der Waals surface area (Å²) >= 11 is 0. The molecule has 0 atom stereocenters. The second kappa shape index (κ2) is 30.6. The quantitative estimate of drug-likeness (QED) is 0.186. The zero-order chi connectivity index (χ0) is 14.3. The Morgan fingerprint density at radius 1 is 0.333 bits per heavy atom. The Kier molecular flexibility index (Phi) is 61.8. The standard InChI is InChI=1S/4BH3O3.FH.Na.H/c4*2-1(3)4;;;/h4*2-4H;1H;;. The molecule has 0 radical (unpaired) electrons. The molecule has 0 bridgehead atoms. The first kappa shape index (κ1) is 36.3. The first-order chi connectivity index (χ1) is 6.93. The van der Waals surface area contributed by atoms with Crippen LogP contribution in [0, 0.1) is 0 Å². The fourth-order valence-corrected chi connectivity index (χ4v) is 0. The summed E-state index contributed by atoms with van der Waals surface area (Å²) in [7, 11) is -8.67. The molecule has 0 unspecified atom stereocenters. The van der Waals surface area contributed by atoms with Crippen molar-refractivity contribution in [2.24, 2.45) is 0 Å². The van der Waals surface area contributed by atoms with E-state index in [2.05, 4.69) is 0 Å². The van der Waals surface area contributed by atoms with Gasteiger partial charge in [0.1, 0.15) is 0 Å². The monoisotopic (exact) mass is 292 g/mol. The minimum absolute atomic E-state index is 0. The molecule has 0 spiro atoms. The van der Waals surface area contributed by atoms with E-state index in [-0.39, 0.29) is 34.3 Å². The first-order valence-corrected chi connectivity index (χ1v) is 3.10. The van der Waals surface area contributed by atoms with E-state index in [4.69, 9.17) is 60.3 Å². The van der Waals surface area contributed by atoms with E-state index in [9.17, 15) is 0 Å². The van der Waals surface area contributed by atoms with E-state index in [1.165, 1.54) is 0 Å². The summed E-state index contributed by atoms with van der Waals surface area (Å²) in [5, 5.41) is 86.0. The maximum absolute atomic E-state index is 7.17. The number of halogens is 1. The van der Waals surface area contributed by atoms with Gasteiger partial charge >= 0.3 is 58.8 Å². The summed E-state index contributed by atoms with van der Waals surface area (Å²) in [6, 6.07) is 0. The van der Waals surface area contributed by atoms with E-state index in [1.54, 1.807) is 0 Å². The molecule has 0 aliphatic heterocycles. The third-order valence-electron chi connectivity index (χ3n) is 0. The number of hydrogen-bond acceptors (Lipinski definition) is 12. The minimum atomic E-state index is -2.17. The van der Waals surface area contributed by atoms with Crippen LogP contribution in [0.2, 0.25) is 0 Å². The van der Waals surface area contributed by atoms with Gasteiger partial charge in [0.2, 0.25) is 0 Å². The fraction of sp³-hybridized carbons (Fsp3) is 0. The average molecular weight is 291 g/mol. The second-order valence-corrected chi connectivity index (χ2v) is 1.39. The van der Waals surface area contributed by atoms with Gasteiger partial charge in [0.05, 0.1) is 0 Å².